The summed E-state index contributed by atoms with van der Waals surface area (Å²) in [5.41, 5.74) is 4.35. The van der Waals surface area contributed by atoms with Crippen LogP contribution in [0, 0.1) is 17.8 Å². The molecule has 1 aliphatic heterocycles. The zero-order valence-corrected chi connectivity index (χ0v) is 17.7. The van der Waals surface area contributed by atoms with Crippen molar-refractivity contribution in [3.8, 4) is 11.1 Å². The minimum Gasteiger partial charge on any atom is -0.378 e. The zero-order chi connectivity index (χ0) is 21.2. The third-order valence-corrected chi connectivity index (χ3v) is 7.10. The van der Waals surface area contributed by atoms with E-state index in [1.165, 1.54) is 5.56 Å². The first-order valence-electron chi connectivity index (χ1n) is 11.3. The monoisotopic (exact) mass is 411 g/mol. The van der Waals surface area contributed by atoms with Crippen molar-refractivity contribution in [2.75, 3.05) is 13.1 Å². The summed E-state index contributed by atoms with van der Waals surface area (Å²) < 4.78 is 0. The van der Waals surface area contributed by atoms with Crippen molar-refractivity contribution < 1.29 is 9.90 Å². The van der Waals surface area contributed by atoms with Crippen molar-refractivity contribution >= 4 is 5.78 Å². The molecule has 0 spiro atoms. The summed E-state index contributed by atoms with van der Waals surface area (Å²) >= 11 is 0. The molecule has 0 radical (unpaired) electrons. The molecule has 158 valence electrons. The smallest absolute Gasteiger partial charge is 0.176 e. The number of nitrogens with zero attached hydrogens (tertiary/aromatic N) is 1. The highest BCUT2D eigenvalue weighted by Crippen LogP contribution is 2.45. The number of fused-ring (bicyclic) bond motifs is 1. The Bertz CT molecular complexity index is 1020. The predicted octanol–water partition coefficient (Wildman–Crippen LogP) is 5.06. The summed E-state index contributed by atoms with van der Waals surface area (Å²) in [5, 5.41) is 10.9. The molecule has 2 fully saturated rings. The maximum absolute atomic E-state index is 12.9. The quantitative estimate of drug-likeness (QED) is 0.577. The molecular weight excluding hydrogens is 382 g/mol. The van der Waals surface area contributed by atoms with Crippen molar-refractivity contribution in [3.63, 3.8) is 0 Å². The Labute approximate surface area is 184 Å². The normalized spacial score (nSPS) is 25.5. The van der Waals surface area contributed by atoms with Crippen molar-refractivity contribution in [2.24, 2.45) is 17.8 Å². The number of benzene rings is 3. The second-order valence-corrected chi connectivity index (χ2v) is 9.16. The van der Waals surface area contributed by atoms with E-state index in [0.717, 1.165) is 36.9 Å². The molecular formula is C28H29NO2. The van der Waals surface area contributed by atoms with E-state index in [4.69, 9.17) is 0 Å². The van der Waals surface area contributed by atoms with E-state index in [1.54, 1.807) is 0 Å². The Balaban J connectivity index is 1.18. The largest absolute Gasteiger partial charge is 0.378 e. The Morgan fingerprint density at radius 1 is 0.839 bits per heavy atom. The summed E-state index contributed by atoms with van der Waals surface area (Å²) in [6.45, 7) is 1.12. The molecule has 0 aromatic heterocycles. The molecule has 5 rings (SSSR count). The van der Waals surface area contributed by atoms with Crippen LogP contribution in [0.5, 0.6) is 0 Å². The maximum atomic E-state index is 12.9. The first kappa shape index (κ1) is 20.2. The van der Waals surface area contributed by atoms with Crippen LogP contribution in [-0.4, -0.2) is 35.1 Å². The third kappa shape index (κ3) is 4.34. The van der Waals surface area contributed by atoms with E-state index < -0.39 is 6.23 Å². The molecule has 1 unspecified atom stereocenters. The fraction of sp³-hybridized carbons (Fsp3) is 0.321. The van der Waals surface area contributed by atoms with Gasteiger partial charge in [0.05, 0.1) is 6.54 Å². The number of aliphatic hydroxyl groups excluding tert-OH is 1. The standard InChI is InChI=1S/C28H29NO2/c30-27(24-13-11-23(12-14-24)22-9-5-2-6-10-22)19-29-18-25-16-21(17-26(25)28(29)31)15-20-7-3-1-4-8-20/h1-14,21,25-26,28,31H,15-19H2/t21-,25+,26+,28?/m1/s1. The highest BCUT2D eigenvalue weighted by molar-refractivity contribution is 5.98. The number of aliphatic hydroxyl groups is 1. The molecule has 3 heteroatoms. The van der Waals surface area contributed by atoms with Crippen molar-refractivity contribution in [2.45, 2.75) is 25.5 Å². The van der Waals surface area contributed by atoms with E-state index in [2.05, 4.69) is 42.5 Å². The van der Waals surface area contributed by atoms with E-state index in [1.807, 2.05) is 47.4 Å². The molecule has 1 saturated heterocycles. The number of carbonyl (C=O) groups excluding carboxylic acids is 1. The van der Waals surface area contributed by atoms with Gasteiger partial charge < -0.3 is 5.11 Å². The molecule has 3 aromatic rings. The van der Waals surface area contributed by atoms with Gasteiger partial charge in [-0.2, -0.15) is 0 Å². The highest BCUT2D eigenvalue weighted by atomic mass is 16.3. The van der Waals surface area contributed by atoms with Gasteiger partial charge in [0.1, 0.15) is 6.23 Å². The Kier molecular flexibility index (Phi) is 5.71. The zero-order valence-electron chi connectivity index (χ0n) is 17.7. The Morgan fingerprint density at radius 3 is 2.16 bits per heavy atom. The molecule has 31 heavy (non-hydrogen) atoms. The van der Waals surface area contributed by atoms with E-state index >= 15 is 0 Å². The number of Topliss-reactive ketones (excluding diaryl/α,β-unsaturated/α-hetero) is 1. The molecule has 2 aliphatic rings. The lowest BCUT2D eigenvalue weighted by molar-refractivity contribution is 0.00641. The lowest BCUT2D eigenvalue weighted by Crippen LogP contribution is -2.37. The number of hydrogen-bond donors (Lipinski definition) is 1. The minimum absolute atomic E-state index is 0.0828. The van der Waals surface area contributed by atoms with Gasteiger partial charge in [0, 0.05) is 18.0 Å². The first-order chi connectivity index (χ1) is 15.2. The van der Waals surface area contributed by atoms with Crippen LogP contribution in [0.25, 0.3) is 11.1 Å². The van der Waals surface area contributed by atoms with E-state index in [9.17, 15) is 9.90 Å². The lowest BCUT2D eigenvalue weighted by atomic mass is 9.96. The van der Waals surface area contributed by atoms with Crippen LogP contribution >= 0.6 is 0 Å². The van der Waals surface area contributed by atoms with Crippen LogP contribution in [0.1, 0.15) is 28.8 Å². The van der Waals surface area contributed by atoms with Crippen LogP contribution < -0.4 is 0 Å². The molecule has 3 aromatic carbocycles. The summed E-state index contributed by atoms with van der Waals surface area (Å²) in [6, 6.07) is 28.6. The van der Waals surface area contributed by atoms with Gasteiger partial charge in [0.15, 0.2) is 5.78 Å². The summed E-state index contributed by atoms with van der Waals surface area (Å²) in [4.78, 5) is 14.9. The lowest BCUT2D eigenvalue weighted by Gasteiger charge is -2.23. The average Bonchev–Trinajstić information content (AvgIpc) is 3.33. The van der Waals surface area contributed by atoms with Gasteiger partial charge >= 0.3 is 0 Å². The van der Waals surface area contributed by atoms with Gasteiger partial charge in [-0.3, -0.25) is 9.69 Å². The minimum atomic E-state index is -0.502. The molecule has 4 atom stereocenters. The average molecular weight is 412 g/mol. The topological polar surface area (TPSA) is 40.5 Å². The SMILES string of the molecule is O=C(CN1C[C@@H]2C[C@@H](Cc3ccccc3)C[C@@H]2C1O)c1ccc(-c2ccccc2)cc1. The van der Waals surface area contributed by atoms with Crippen LogP contribution in [0.4, 0.5) is 0 Å². The van der Waals surface area contributed by atoms with E-state index in [-0.39, 0.29) is 5.78 Å². The van der Waals surface area contributed by atoms with Crippen molar-refractivity contribution in [1.29, 1.82) is 0 Å². The van der Waals surface area contributed by atoms with Gasteiger partial charge in [-0.1, -0.05) is 84.9 Å². The Morgan fingerprint density at radius 2 is 1.48 bits per heavy atom. The fourth-order valence-electron chi connectivity index (χ4n) is 5.56. The van der Waals surface area contributed by atoms with Crippen LogP contribution in [0.3, 0.4) is 0 Å². The number of likely N-dealkylation sites (tertiary alicyclic amines) is 1. The highest BCUT2D eigenvalue weighted by Gasteiger charge is 2.46. The summed E-state index contributed by atoms with van der Waals surface area (Å²) in [5.74, 6) is 1.51. The van der Waals surface area contributed by atoms with Crippen molar-refractivity contribution in [1.82, 2.24) is 4.90 Å². The molecule has 1 N–H and O–H groups in total. The van der Waals surface area contributed by atoms with Crippen LogP contribution in [-0.2, 0) is 6.42 Å². The molecule has 0 amide bonds. The fourth-order valence-corrected chi connectivity index (χ4v) is 5.56. The second kappa shape index (κ2) is 8.78. The molecule has 3 nitrogen and oxygen atoms in total. The van der Waals surface area contributed by atoms with Gasteiger partial charge in [-0.05, 0) is 47.8 Å². The predicted molar refractivity (Wildman–Crippen MR) is 124 cm³/mol. The molecule has 0 bridgehead atoms. The van der Waals surface area contributed by atoms with Gasteiger partial charge in [0.25, 0.3) is 0 Å². The number of hydrogen-bond acceptors (Lipinski definition) is 3. The molecule has 1 saturated carbocycles. The van der Waals surface area contributed by atoms with Crippen LogP contribution in [0.15, 0.2) is 84.9 Å². The maximum Gasteiger partial charge on any atom is 0.176 e. The first-order valence-corrected chi connectivity index (χ1v) is 11.3. The Hall–Kier alpha value is -2.75. The third-order valence-electron chi connectivity index (χ3n) is 7.10. The van der Waals surface area contributed by atoms with Gasteiger partial charge in [-0.15, -0.1) is 0 Å². The van der Waals surface area contributed by atoms with Gasteiger partial charge in [-0.25, -0.2) is 0 Å². The number of ketones is 1. The number of carbonyl (C=O) groups is 1. The molecule has 1 heterocycles. The summed E-state index contributed by atoms with van der Waals surface area (Å²) in [6.07, 6.45) is 2.79. The summed E-state index contributed by atoms with van der Waals surface area (Å²) in [7, 11) is 0. The van der Waals surface area contributed by atoms with Gasteiger partial charge in [0.2, 0.25) is 0 Å². The van der Waals surface area contributed by atoms with E-state index in [0.29, 0.717) is 29.9 Å². The number of rotatable bonds is 6. The van der Waals surface area contributed by atoms with Crippen molar-refractivity contribution in [3.05, 3.63) is 96.1 Å². The van der Waals surface area contributed by atoms with Crippen LogP contribution in [0.2, 0.25) is 0 Å². The second-order valence-electron chi connectivity index (χ2n) is 9.16. The molecule has 1 aliphatic carbocycles.